The predicted molar refractivity (Wildman–Crippen MR) is 61.1 cm³/mol. The Labute approximate surface area is 98.1 Å². The van der Waals surface area contributed by atoms with Gasteiger partial charge in [0.2, 0.25) is 0 Å². The number of H-pyrrole nitrogens is 1. The van der Waals surface area contributed by atoms with E-state index in [4.69, 9.17) is 9.84 Å². The first kappa shape index (κ1) is 11.2. The predicted octanol–water partition coefficient (Wildman–Crippen LogP) is 2.00. The van der Waals surface area contributed by atoms with Gasteiger partial charge in [-0.15, -0.1) is 0 Å². The summed E-state index contributed by atoms with van der Waals surface area (Å²) in [5, 5.41) is 8.71. The number of carboxylic acids is 1. The maximum Gasteiger partial charge on any atom is 0.353 e. The molecular weight excluding hydrogens is 220 g/mol. The molecule has 0 unspecified atom stereocenters. The molecule has 5 nitrogen and oxygen atoms in total. The van der Waals surface area contributed by atoms with Crippen molar-refractivity contribution in [2.45, 2.75) is 13.5 Å². The third-order valence-electron chi connectivity index (χ3n) is 2.22. The number of aromatic amines is 1. The second kappa shape index (κ2) is 4.69. The maximum atomic E-state index is 10.6. The lowest BCUT2D eigenvalue weighted by molar-refractivity contribution is 0.0691. The Balaban J connectivity index is 2.00. The second-order valence-corrected chi connectivity index (χ2v) is 3.65. The normalized spacial score (nSPS) is 10.2. The number of hydrogen-bond acceptors (Lipinski definition) is 3. The van der Waals surface area contributed by atoms with E-state index in [-0.39, 0.29) is 12.3 Å². The van der Waals surface area contributed by atoms with Crippen molar-refractivity contribution in [2.24, 2.45) is 0 Å². The molecule has 0 fully saturated rings. The SMILES string of the molecule is Cc1cccc(OCc2ncc(C(=O)O)[nH]2)c1. The van der Waals surface area contributed by atoms with Gasteiger partial charge in [0.15, 0.2) is 0 Å². The first-order chi connectivity index (χ1) is 8.15. The lowest BCUT2D eigenvalue weighted by atomic mass is 10.2. The highest BCUT2D eigenvalue weighted by molar-refractivity contribution is 5.84. The molecule has 1 heterocycles. The van der Waals surface area contributed by atoms with Crippen LogP contribution in [0.15, 0.2) is 30.5 Å². The molecule has 1 aromatic heterocycles. The third kappa shape index (κ3) is 2.84. The van der Waals surface area contributed by atoms with Crippen LogP contribution in [-0.2, 0) is 6.61 Å². The first-order valence-electron chi connectivity index (χ1n) is 5.12. The van der Waals surface area contributed by atoms with Crippen molar-refractivity contribution >= 4 is 5.97 Å². The Kier molecular flexibility index (Phi) is 3.09. The number of ether oxygens (including phenoxy) is 1. The number of nitrogens with zero attached hydrogens (tertiary/aromatic N) is 1. The minimum absolute atomic E-state index is 0.0628. The molecule has 2 aromatic rings. The molecule has 0 radical (unpaired) electrons. The summed E-state index contributed by atoms with van der Waals surface area (Å²) in [6.07, 6.45) is 1.28. The molecule has 17 heavy (non-hydrogen) atoms. The highest BCUT2D eigenvalue weighted by Crippen LogP contribution is 2.13. The number of imidazole rings is 1. The molecule has 0 saturated heterocycles. The van der Waals surface area contributed by atoms with Crippen LogP contribution in [0.25, 0.3) is 0 Å². The molecule has 0 aliphatic rings. The van der Waals surface area contributed by atoms with Gasteiger partial charge in [-0.3, -0.25) is 0 Å². The van der Waals surface area contributed by atoms with E-state index >= 15 is 0 Å². The van der Waals surface area contributed by atoms with Gasteiger partial charge in [-0.1, -0.05) is 12.1 Å². The summed E-state index contributed by atoms with van der Waals surface area (Å²) >= 11 is 0. The van der Waals surface area contributed by atoms with E-state index in [1.54, 1.807) is 0 Å². The minimum Gasteiger partial charge on any atom is -0.486 e. The summed E-state index contributed by atoms with van der Waals surface area (Å²) in [4.78, 5) is 17.2. The molecule has 2 N–H and O–H groups in total. The van der Waals surface area contributed by atoms with Crippen molar-refractivity contribution in [3.8, 4) is 5.75 Å². The Morgan fingerprint density at radius 3 is 3.00 bits per heavy atom. The lowest BCUT2D eigenvalue weighted by Crippen LogP contribution is -2.00. The zero-order valence-corrected chi connectivity index (χ0v) is 9.30. The number of rotatable bonds is 4. The van der Waals surface area contributed by atoms with Gasteiger partial charge in [0.1, 0.15) is 23.9 Å². The Hall–Kier alpha value is -2.30. The number of carbonyl (C=O) groups is 1. The number of aromatic carboxylic acids is 1. The van der Waals surface area contributed by atoms with Gasteiger partial charge in [0.25, 0.3) is 0 Å². The van der Waals surface area contributed by atoms with Crippen LogP contribution >= 0.6 is 0 Å². The zero-order chi connectivity index (χ0) is 12.3. The van der Waals surface area contributed by atoms with Gasteiger partial charge in [-0.25, -0.2) is 9.78 Å². The number of aryl methyl sites for hydroxylation is 1. The number of nitrogens with one attached hydrogen (secondary N) is 1. The average Bonchev–Trinajstić information content (AvgIpc) is 2.75. The van der Waals surface area contributed by atoms with Crippen molar-refractivity contribution in [3.63, 3.8) is 0 Å². The summed E-state index contributed by atoms with van der Waals surface area (Å²) in [5.41, 5.74) is 1.17. The molecule has 0 bridgehead atoms. The molecule has 0 amide bonds. The number of hydrogen-bond donors (Lipinski definition) is 2. The summed E-state index contributed by atoms with van der Waals surface area (Å²) in [5.74, 6) is 0.196. The fourth-order valence-electron chi connectivity index (χ4n) is 1.40. The van der Waals surface area contributed by atoms with Crippen LogP contribution in [0.5, 0.6) is 5.75 Å². The first-order valence-corrected chi connectivity index (χ1v) is 5.12. The summed E-state index contributed by atoms with van der Waals surface area (Å²) in [6, 6.07) is 7.62. The van der Waals surface area contributed by atoms with Crippen LogP contribution in [-0.4, -0.2) is 21.0 Å². The average molecular weight is 232 g/mol. The largest absolute Gasteiger partial charge is 0.486 e. The van der Waals surface area contributed by atoms with Crippen molar-refractivity contribution in [2.75, 3.05) is 0 Å². The van der Waals surface area contributed by atoms with Gasteiger partial charge < -0.3 is 14.8 Å². The van der Waals surface area contributed by atoms with Crippen molar-refractivity contribution in [1.29, 1.82) is 0 Å². The fraction of sp³-hybridized carbons (Fsp3) is 0.167. The Bertz CT molecular complexity index is 534. The van der Waals surface area contributed by atoms with Crippen LogP contribution in [0.4, 0.5) is 0 Å². The molecule has 0 aliphatic heterocycles. The molecule has 0 spiro atoms. The third-order valence-corrected chi connectivity index (χ3v) is 2.22. The Morgan fingerprint density at radius 2 is 2.35 bits per heavy atom. The number of aromatic nitrogens is 2. The van der Waals surface area contributed by atoms with E-state index in [0.717, 1.165) is 11.3 Å². The topological polar surface area (TPSA) is 75.2 Å². The fourth-order valence-corrected chi connectivity index (χ4v) is 1.40. The van der Waals surface area contributed by atoms with Crippen LogP contribution in [0.3, 0.4) is 0 Å². The van der Waals surface area contributed by atoms with E-state index in [0.29, 0.717) is 5.82 Å². The van der Waals surface area contributed by atoms with Gasteiger partial charge >= 0.3 is 5.97 Å². The molecule has 1 aromatic carbocycles. The second-order valence-electron chi connectivity index (χ2n) is 3.65. The van der Waals surface area contributed by atoms with Crippen LogP contribution in [0, 0.1) is 6.92 Å². The van der Waals surface area contributed by atoms with E-state index in [2.05, 4.69) is 9.97 Å². The zero-order valence-electron chi connectivity index (χ0n) is 9.30. The Morgan fingerprint density at radius 1 is 1.53 bits per heavy atom. The van der Waals surface area contributed by atoms with Crippen molar-refractivity contribution < 1.29 is 14.6 Å². The van der Waals surface area contributed by atoms with Crippen LogP contribution in [0.1, 0.15) is 21.9 Å². The van der Waals surface area contributed by atoms with E-state index in [1.807, 2.05) is 31.2 Å². The number of carboxylic acid groups (broad SMARTS) is 1. The van der Waals surface area contributed by atoms with E-state index in [9.17, 15) is 4.79 Å². The highest BCUT2D eigenvalue weighted by Gasteiger charge is 2.07. The van der Waals surface area contributed by atoms with Gasteiger partial charge in [-0.2, -0.15) is 0 Å². The quantitative estimate of drug-likeness (QED) is 0.845. The number of benzene rings is 1. The highest BCUT2D eigenvalue weighted by atomic mass is 16.5. The molecule has 88 valence electrons. The van der Waals surface area contributed by atoms with Crippen LogP contribution < -0.4 is 4.74 Å². The van der Waals surface area contributed by atoms with Crippen molar-refractivity contribution in [3.05, 3.63) is 47.5 Å². The lowest BCUT2D eigenvalue weighted by Gasteiger charge is -2.04. The minimum atomic E-state index is -1.03. The van der Waals surface area contributed by atoms with Gasteiger partial charge in [0.05, 0.1) is 6.20 Å². The van der Waals surface area contributed by atoms with Gasteiger partial charge in [-0.05, 0) is 24.6 Å². The summed E-state index contributed by atoms with van der Waals surface area (Å²) in [6.45, 7) is 2.19. The molecule has 2 rings (SSSR count). The monoisotopic (exact) mass is 232 g/mol. The van der Waals surface area contributed by atoms with Crippen molar-refractivity contribution in [1.82, 2.24) is 9.97 Å². The molecule has 0 atom stereocenters. The van der Waals surface area contributed by atoms with E-state index < -0.39 is 5.97 Å². The smallest absolute Gasteiger partial charge is 0.353 e. The summed E-state index contributed by atoms with van der Waals surface area (Å²) in [7, 11) is 0. The molecule has 0 saturated carbocycles. The molecule has 0 aliphatic carbocycles. The summed E-state index contributed by atoms with van der Waals surface area (Å²) < 4.78 is 5.48. The van der Waals surface area contributed by atoms with E-state index in [1.165, 1.54) is 6.20 Å². The molecule has 5 heteroatoms. The molecular formula is C12H12N2O3. The maximum absolute atomic E-state index is 10.6. The van der Waals surface area contributed by atoms with Crippen LogP contribution in [0.2, 0.25) is 0 Å². The standard InChI is InChI=1S/C12H12N2O3/c1-8-3-2-4-9(5-8)17-7-11-13-6-10(14-11)12(15)16/h2-6H,7H2,1H3,(H,13,14)(H,15,16). The van der Waals surface area contributed by atoms with Gasteiger partial charge in [0, 0.05) is 0 Å².